The highest BCUT2D eigenvalue weighted by atomic mass is 16.3. The minimum absolute atomic E-state index is 0.117. The molecule has 15 heavy (non-hydrogen) atoms. The molecule has 1 amide bonds. The topological polar surface area (TPSA) is 78.6 Å². The van der Waals surface area contributed by atoms with Crippen molar-refractivity contribution in [2.75, 3.05) is 19.7 Å². The van der Waals surface area contributed by atoms with Crippen LogP contribution in [-0.2, 0) is 4.79 Å². The highest BCUT2D eigenvalue weighted by Crippen LogP contribution is 2.02. The number of carbonyl (C=O) groups is 1. The van der Waals surface area contributed by atoms with Crippen LogP contribution in [0.5, 0.6) is 0 Å². The Kier molecular flexibility index (Phi) is 8.27. The largest absolute Gasteiger partial charge is 0.395 e. The minimum Gasteiger partial charge on any atom is -0.395 e. The van der Waals surface area contributed by atoms with Crippen LogP contribution in [0.4, 0.5) is 0 Å². The Bertz CT molecular complexity index is 174. The van der Waals surface area contributed by atoms with Gasteiger partial charge in [-0.1, -0.05) is 0 Å². The van der Waals surface area contributed by atoms with Crippen LogP contribution in [0.2, 0.25) is 0 Å². The Labute approximate surface area is 91.6 Å². The molecule has 4 N–H and O–H groups in total. The van der Waals surface area contributed by atoms with Gasteiger partial charge in [0.2, 0.25) is 5.91 Å². The molecule has 0 heterocycles. The van der Waals surface area contributed by atoms with Crippen molar-refractivity contribution >= 4 is 5.91 Å². The number of hydrogen-bond acceptors (Lipinski definition) is 4. The van der Waals surface area contributed by atoms with Crippen molar-refractivity contribution in [2.45, 2.75) is 39.2 Å². The van der Waals surface area contributed by atoms with E-state index in [1.165, 1.54) is 0 Å². The summed E-state index contributed by atoms with van der Waals surface area (Å²) in [7, 11) is 0. The van der Waals surface area contributed by atoms with E-state index in [1.807, 2.05) is 0 Å². The molecule has 0 saturated carbocycles. The molecule has 0 aromatic heterocycles. The van der Waals surface area contributed by atoms with Crippen LogP contribution in [0.15, 0.2) is 0 Å². The highest BCUT2D eigenvalue weighted by Gasteiger charge is 2.08. The van der Waals surface area contributed by atoms with Crippen molar-refractivity contribution in [3.8, 4) is 0 Å². The zero-order valence-corrected chi connectivity index (χ0v) is 9.70. The van der Waals surface area contributed by atoms with E-state index in [1.54, 1.807) is 0 Å². The van der Waals surface area contributed by atoms with Gasteiger partial charge in [-0.15, -0.1) is 0 Å². The van der Waals surface area contributed by atoms with E-state index in [2.05, 4.69) is 24.2 Å². The predicted molar refractivity (Wildman–Crippen MR) is 60.0 cm³/mol. The van der Waals surface area contributed by atoms with Crippen molar-refractivity contribution in [1.29, 1.82) is 0 Å². The first-order chi connectivity index (χ1) is 7.11. The van der Waals surface area contributed by atoms with Gasteiger partial charge in [0.05, 0.1) is 6.61 Å². The number of aliphatic hydroxyl groups is 1. The van der Waals surface area contributed by atoms with Crippen LogP contribution in [0.3, 0.4) is 0 Å². The number of carbonyl (C=O) groups excluding carboxylic acids is 1. The maximum Gasteiger partial charge on any atom is 0.233 e. The van der Waals surface area contributed by atoms with Gasteiger partial charge < -0.3 is 5.11 Å². The normalized spacial score (nSPS) is 11.1. The van der Waals surface area contributed by atoms with Crippen LogP contribution in [0.1, 0.15) is 33.1 Å². The third-order valence-corrected chi connectivity index (χ3v) is 2.38. The number of hydrogen-bond donors (Lipinski definition) is 3. The number of nitrogens with zero attached hydrogens (tertiary/aromatic N) is 1. The summed E-state index contributed by atoms with van der Waals surface area (Å²) < 4.78 is 0. The molecule has 0 rings (SSSR count). The van der Waals surface area contributed by atoms with Gasteiger partial charge in [-0.05, 0) is 33.2 Å². The summed E-state index contributed by atoms with van der Waals surface area (Å²) >= 11 is 0. The molecule has 0 aromatic rings. The molecule has 0 aliphatic heterocycles. The number of aliphatic hydroxyl groups excluding tert-OH is 1. The lowest BCUT2D eigenvalue weighted by molar-refractivity contribution is -0.121. The van der Waals surface area contributed by atoms with Crippen LogP contribution in [-0.4, -0.2) is 41.7 Å². The zero-order valence-electron chi connectivity index (χ0n) is 9.70. The Balaban J connectivity index is 3.57. The summed E-state index contributed by atoms with van der Waals surface area (Å²) in [5.41, 5.74) is 2.11. The van der Waals surface area contributed by atoms with Gasteiger partial charge in [-0.25, -0.2) is 5.84 Å². The highest BCUT2D eigenvalue weighted by molar-refractivity contribution is 5.74. The first-order valence-corrected chi connectivity index (χ1v) is 5.46. The van der Waals surface area contributed by atoms with Crippen molar-refractivity contribution < 1.29 is 9.90 Å². The molecular weight excluding hydrogens is 194 g/mol. The summed E-state index contributed by atoms with van der Waals surface area (Å²) in [6.45, 7) is 5.99. The van der Waals surface area contributed by atoms with Crippen molar-refractivity contribution in [1.82, 2.24) is 10.3 Å². The van der Waals surface area contributed by atoms with Crippen molar-refractivity contribution in [2.24, 2.45) is 5.84 Å². The summed E-state index contributed by atoms with van der Waals surface area (Å²) in [6.07, 6.45) is 2.25. The Morgan fingerprint density at radius 2 is 2.07 bits per heavy atom. The third-order valence-electron chi connectivity index (χ3n) is 2.38. The predicted octanol–water partition coefficient (Wildman–Crippen LogP) is -0.151. The second-order valence-corrected chi connectivity index (χ2v) is 3.88. The molecule has 5 heteroatoms. The monoisotopic (exact) mass is 217 g/mol. The number of hydrazine groups is 1. The number of nitrogens with one attached hydrogen (secondary N) is 1. The fourth-order valence-electron chi connectivity index (χ4n) is 1.43. The summed E-state index contributed by atoms with van der Waals surface area (Å²) in [5.74, 6) is 4.85. The van der Waals surface area contributed by atoms with E-state index in [4.69, 9.17) is 10.9 Å². The maximum atomic E-state index is 10.8. The molecular formula is C10H23N3O2. The van der Waals surface area contributed by atoms with Gasteiger partial charge >= 0.3 is 0 Å². The van der Waals surface area contributed by atoms with E-state index in [0.29, 0.717) is 19.0 Å². The molecule has 0 saturated heterocycles. The van der Waals surface area contributed by atoms with Crippen molar-refractivity contribution in [3.05, 3.63) is 0 Å². The van der Waals surface area contributed by atoms with Crippen LogP contribution >= 0.6 is 0 Å². The van der Waals surface area contributed by atoms with E-state index in [9.17, 15) is 4.79 Å². The van der Waals surface area contributed by atoms with Gasteiger partial charge in [0.25, 0.3) is 0 Å². The van der Waals surface area contributed by atoms with Crippen LogP contribution < -0.4 is 11.3 Å². The summed E-state index contributed by atoms with van der Waals surface area (Å²) in [4.78, 5) is 13.0. The second-order valence-electron chi connectivity index (χ2n) is 3.88. The lowest BCUT2D eigenvalue weighted by Crippen LogP contribution is -2.34. The number of nitrogens with two attached hydrogens (primary N) is 1. The molecule has 0 atom stereocenters. The van der Waals surface area contributed by atoms with Gasteiger partial charge in [0, 0.05) is 19.0 Å². The molecule has 90 valence electrons. The summed E-state index contributed by atoms with van der Waals surface area (Å²) in [6, 6.07) is 0.431. The minimum atomic E-state index is -0.117. The lowest BCUT2D eigenvalue weighted by atomic mass is 10.2. The standard InChI is InChI=1S/C10H23N3O2/c1-9(2)13(7-8-14)6-4-3-5-10(15)12-11/h9,14H,3-8,11H2,1-2H3,(H,12,15). The number of rotatable bonds is 8. The quantitative estimate of drug-likeness (QED) is 0.229. The molecule has 5 nitrogen and oxygen atoms in total. The van der Waals surface area contributed by atoms with E-state index >= 15 is 0 Å². The number of unbranched alkanes of at least 4 members (excludes halogenated alkanes) is 1. The smallest absolute Gasteiger partial charge is 0.233 e. The molecule has 0 radical (unpaired) electrons. The van der Waals surface area contributed by atoms with Crippen molar-refractivity contribution in [3.63, 3.8) is 0 Å². The van der Waals surface area contributed by atoms with Crippen LogP contribution in [0, 0.1) is 0 Å². The molecule has 0 fully saturated rings. The fraction of sp³-hybridized carbons (Fsp3) is 0.900. The third kappa shape index (κ3) is 7.30. The Morgan fingerprint density at radius 1 is 1.40 bits per heavy atom. The van der Waals surface area contributed by atoms with Gasteiger partial charge in [-0.2, -0.15) is 0 Å². The maximum absolute atomic E-state index is 10.8. The molecule has 0 unspecified atom stereocenters. The fourth-order valence-corrected chi connectivity index (χ4v) is 1.43. The molecule has 0 bridgehead atoms. The molecule has 0 spiro atoms. The first-order valence-electron chi connectivity index (χ1n) is 5.46. The van der Waals surface area contributed by atoms with Gasteiger partial charge in [0.15, 0.2) is 0 Å². The average molecular weight is 217 g/mol. The van der Waals surface area contributed by atoms with Gasteiger partial charge in [0.1, 0.15) is 0 Å². The van der Waals surface area contributed by atoms with E-state index < -0.39 is 0 Å². The Hall–Kier alpha value is -0.650. The zero-order chi connectivity index (χ0) is 11.7. The van der Waals surface area contributed by atoms with E-state index in [-0.39, 0.29) is 12.5 Å². The van der Waals surface area contributed by atoms with Gasteiger partial charge in [-0.3, -0.25) is 15.1 Å². The second kappa shape index (κ2) is 8.64. The Morgan fingerprint density at radius 3 is 2.53 bits per heavy atom. The summed E-state index contributed by atoms with van der Waals surface area (Å²) in [5, 5.41) is 8.85. The number of amides is 1. The molecule has 0 aromatic carbocycles. The molecule has 0 aliphatic carbocycles. The SMILES string of the molecule is CC(C)N(CCO)CCCCC(=O)NN. The lowest BCUT2D eigenvalue weighted by Gasteiger charge is -2.25. The molecule has 0 aliphatic rings. The average Bonchev–Trinajstić information content (AvgIpc) is 2.21. The first kappa shape index (κ1) is 14.3. The van der Waals surface area contributed by atoms with E-state index in [0.717, 1.165) is 19.4 Å². The van der Waals surface area contributed by atoms with Crippen LogP contribution in [0.25, 0.3) is 0 Å².